The standard InChI is InChI=1S/C22H21IN2O4/c1-15-4-3-5-18(10-15)24-13-17-11-20(23)22(21(12-17)28-2)29-14-16-6-8-19(9-7-16)25(26)27/h3-12,24H,13-14H2,1-2H3. The van der Waals surface area contributed by atoms with E-state index >= 15 is 0 Å². The number of hydrogen-bond donors (Lipinski definition) is 1. The van der Waals surface area contributed by atoms with E-state index in [-0.39, 0.29) is 5.69 Å². The van der Waals surface area contributed by atoms with Crippen molar-refractivity contribution in [1.29, 1.82) is 0 Å². The summed E-state index contributed by atoms with van der Waals surface area (Å²) in [6.07, 6.45) is 0. The lowest BCUT2D eigenvalue weighted by Crippen LogP contribution is -2.04. The van der Waals surface area contributed by atoms with Crippen molar-refractivity contribution in [3.8, 4) is 11.5 Å². The first-order chi connectivity index (χ1) is 14.0. The Morgan fingerprint density at radius 2 is 1.83 bits per heavy atom. The van der Waals surface area contributed by atoms with Gasteiger partial charge in [0, 0.05) is 24.4 Å². The maximum atomic E-state index is 10.8. The number of anilines is 1. The molecule has 0 aromatic heterocycles. The zero-order valence-corrected chi connectivity index (χ0v) is 18.3. The molecular weight excluding hydrogens is 483 g/mol. The van der Waals surface area contributed by atoms with Gasteiger partial charge < -0.3 is 14.8 Å². The lowest BCUT2D eigenvalue weighted by Gasteiger charge is -2.15. The van der Waals surface area contributed by atoms with Crippen molar-refractivity contribution < 1.29 is 14.4 Å². The van der Waals surface area contributed by atoms with Gasteiger partial charge in [0.05, 0.1) is 15.6 Å². The highest BCUT2D eigenvalue weighted by Crippen LogP contribution is 2.35. The Labute approximate surface area is 183 Å². The molecule has 3 rings (SSSR count). The molecule has 0 aliphatic carbocycles. The van der Waals surface area contributed by atoms with Crippen LogP contribution in [0.4, 0.5) is 11.4 Å². The van der Waals surface area contributed by atoms with E-state index in [2.05, 4.69) is 53.0 Å². The molecular formula is C22H21IN2O4. The highest BCUT2D eigenvalue weighted by atomic mass is 127. The molecule has 29 heavy (non-hydrogen) atoms. The van der Waals surface area contributed by atoms with Crippen molar-refractivity contribution in [2.24, 2.45) is 0 Å². The van der Waals surface area contributed by atoms with Crippen LogP contribution in [-0.2, 0) is 13.2 Å². The van der Waals surface area contributed by atoms with Crippen molar-refractivity contribution in [3.63, 3.8) is 0 Å². The van der Waals surface area contributed by atoms with Crippen molar-refractivity contribution >= 4 is 34.0 Å². The predicted octanol–water partition coefficient (Wildman–Crippen LogP) is 5.71. The zero-order valence-electron chi connectivity index (χ0n) is 16.1. The number of non-ortho nitro benzene ring substituents is 1. The lowest BCUT2D eigenvalue weighted by atomic mass is 10.1. The molecule has 0 saturated heterocycles. The molecule has 7 heteroatoms. The van der Waals surface area contributed by atoms with Crippen molar-refractivity contribution in [1.82, 2.24) is 0 Å². The third-order valence-corrected chi connectivity index (χ3v) is 5.14. The number of aryl methyl sites for hydroxylation is 1. The van der Waals surface area contributed by atoms with Crippen molar-refractivity contribution in [3.05, 3.63) is 91.0 Å². The summed E-state index contributed by atoms with van der Waals surface area (Å²) in [5.74, 6) is 1.31. The molecule has 150 valence electrons. The molecule has 0 heterocycles. The van der Waals surface area contributed by atoms with Crippen LogP contribution in [0.15, 0.2) is 60.7 Å². The summed E-state index contributed by atoms with van der Waals surface area (Å²) >= 11 is 2.23. The quantitative estimate of drug-likeness (QED) is 0.242. The number of ether oxygens (including phenoxy) is 2. The maximum Gasteiger partial charge on any atom is 0.269 e. The van der Waals surface area contributed by atoms with Crippen LogP contribution in [0.2, 0.25) is 0 Å². The fourth-order valence-corrected chi connectivity index (χ4v) is 3.67. The molecule has 3 aromatic carbocycles. The number of benzene rings is 3. The predicted molar refractivity (Wildman–Crippen MR) is 122 cm³/mol. The van der Waals surface area contributed by atoms with Gasteiger partial charge in [-0.2, -0.15) is 0 Å². The third-order valence-electron chi connectivity index (χ3n) is 4.33. The second-order valence-electron chi connectivity index (χ2n) is 6.54. The second-order valence-corrected chi connectivity index (χ2v) is 7.71. The Morgan fingerprint density at radius 1 is 1.07 bits per heavy atom. The minimum Gasteiger partial charge on any atom is -0.493 e. The summed E-state index contributed by atoms with van der Waals surface area (Å²) in [5.41, 5.74) is 4.26. The fourth-order valence-electron chi connectivity index (χ4n) is 2.84. The molecule has 1 N–H and O–H groups in total. The van der Waals surface area contributed by atoms with Gasteiger partial charge in [-0.05, 0) is 82.6 Å². The Kier molecular flexibility index (Phi) is 6.92. The van der Waals surface area contributed by atoms with Gasteiger partial charge in [-0.15, -0.1) is 0 Å². The Hall–Kier alpha value is -2.81. The highest BCUT2D eigenvalue weighted by molar-refractivity contribution is 14.1. The van der Waals surface area contributed by atoms with Gasteiger partial charge in [-0.3, -0.25) is 10.1 Å². The van der Waals surface area contributed by atoms with Crippen molar-refractivity contribution in [2.45, 2.75) is 20.1 Å². The Bertz CT molecular complexity index is 1010. The van der Waals surface area contributed by atoms with Crippen LogP contribution < -0.4 is 14.8 Å². The molecule has 0 amide bonds. The van der Waals surface area contributed by atoms with Gasteiger partial charge in [0.2, 0.25) is 0 Å². The van der Waals surface area contributed by atoms with Crippen LogP contribution in [0.3, 0.4) is 0 Å². The first-order valence-corrected chi connectivity index (χ1v) is 10.1. The smallest absolute Gasteiger partial charge is 0.269 e. The van der Waals surface area contributed by atoms with E-state index in [1.165, 1.54) is 17.7 Å². The van der Waals surface area contributed by atoms with E-state index in [9.17, 15) is 10.1 Å². The molecule has 0 bridgehead atoms. The van der Waals surface area contributed by atoms with Gasteiger partial charge in [0.15, 0.2) is 11.5 Å². The number of methoxy groups -OCH3 is 1. The normalized spacial score (nSPS) is 10.4. The number of nitrogens with one attached hydrogen (secondary N) is 1. The topological polar surface area (TPSA) is 73.6 Å². The average molecular weight is 504 g/mol. The molecule has 0 saturated carbocycles. The van der Waals surface area contributed by atoms with E-state index in [0.717, 1.165) is 20.4 Å². The summed E-state index contributed by atoms with van der Waals surface area (Å²) in [5, 5.41) is 14.2. The summed E-state index contributed by atoms with van der Waals surface area (Å²) < 4.78 is 12.4. The summed E-state index contributed by atoms with van der Waals surface area (Å²) in [6.45, 7) is 3.03. The number of nitro groups is 1. The van der Waals surface area contributed by atoms with Crippen LogP contribution in [0, 0.1) is 20.6 Å². The van der Waals surface area contributed by atoms with E-state index in [0.29, 0.717) is 24.7 Å². The highest BCUT2D eigenvalue weighted by Gasteiger charge is 2.13. The largest absolute Gasteiger partial charge is 0.493 e. The lowest BCUT2D eigenvalue weighted by molar-refractivity contribution is -0.384. The van der Waals surface area contributed by atoms with Gasteiger partial charge in [-0.1, -0.05) is 12.1 Å². The minimum atomic E-state index is -0.417. The van der Waals surface area contributed by atoms with Gasteiger partial charge in [-0.25, -0.2) is 0 Å². The molecule has 0 fully saturated rings. The maximum absolute atomic E-state index is 10.8. The Morgan fingerprint density at radius 3 is 2.48 bits per heavy atom. The number of halogens is 1. The van der Waals surface area contributed by atoms with E-state index < -0.39 is 4.92 Å². The van der Waals surface area contributed by atoms with Crippen LogP contribution >= 0.6 is 22.6 Å². The number of nitro benzene ring substituents is 1. The molecule has 0 spiro atoms. The van der Waals surface area contributed by atoms with Gasteiger partial charge >= 0.3 is 0 Å². The van der Waals surface area contributed by atoms with Gasteiger partial charge in [0.25, 0.3) is 5.69 Å². The fraction of sp³-hybridized carbons (Fsp3) is 0.182. The summed E-state index contributed by atoms with van der Waals surface area (Å²) in [6, 6.07) is 18.6. The van der Waals surface area contributed by atoms with E-state index in [1.54, 1.807) is 19.2 Å². The van der Waals surface area contributed by atoms with E-state index in [1.807, 2.05) is 18.2 Å². The summed E-state index contributed by atoms with van der Waals surface area (Å²) in [7, 11) is 1.61. The summed E-state index contributed by atoms with van der Waals surface area (Å²) in [4.78, 5) is 10.3. The van der Waals surface area contributed by atoms with Crippen LogP contribution in [-0.4, -0.2) is 12.0 Å². The average Bonchev–Trinajstić information content (AvgIpc) is 2.71. The van der Waals surface area contributed by atoms with Crippen LogP contribution in [0.5, 0.6) is 11.5 Å². The molecule has 3 aromatic rings. The molecule has 0 unspecified atom stereocenters. The molecule has 0 atom stereocenters. The number of rotatable bonds is 8. The number of nitrogens with zero attached hydrogens (tertiary/aromatic N) is 1. The molecule has 0 aliphatic heterocycles. The van der Waals surface area contributed by atoms with Crippen LogP contribution in [0.25, 0.3) is 0 Å². The Balaban J connectivity index is 1.70. The number of hydrogen-bond acceptors (Lipinski definition) is 5. The minimum absolute atomic E-state index is 0.0615. The molecule has 0 aliphatic rings. The molecule has 6 nitrogen and oxygen atoms in total. The monoisotopic (exact) mass is 504 g/mol. The molecule has 0 radical (unpaired) electrons. The second kappa shape index (κ2) is 9.60. The zero-order chi connectivity index (χ0) is 20.8. The SMILES string of the molecule is COc1cc(CNc2cccc(C)c2)cc(I)c1OCc1ccc([N+](=O)[O-])cc1. The van der Waals surface area contributed by atoms with Gasteiger partial charge in [0.1, 0.15) is 6.61 Å². The first kappa shape index (κ1) is 20.9. The van der Waals surface area contributed by atoms with Crippen molar-refractivity contribution in [2.75, 3.05) is 12.4 Å². The van der Waals surface area contributed by atoms with E-state index in [4.69, 9.17) is 9.47 Å². The first-order valence-electron chi connectivity index (χ1n) is 8.99. The van der Waals surface area contributed by atoms with Crippen LogP contribution in [0.1, 0.15) is 16.7 Å². The third kappa shape index (κ3) is 5.60.